The number of aromatic nitrogens is 5. The Morgan fingerprint density at radius 3 is 2.48 bits per heavy atom. The number of ether oxygens (including phenoxy) is 2. The van der Waals surface area contributed by atoms with Gasteiger partial charge < -0.3 is 14.0 Å². The molecule has 0 saturated carbocycles. The Labute approximate surface area is 166 Å². The third kappa shape index (κ3) is 3.16. The summed E-state index contributed by atoms with van der Waals surface area (Å²) in [6.45, 7) is 2.56. The summed E-state index contributed by atoms with van der Waals surface area (Å²) in [7, 11) is 3.18. The van der Waals surface area contributed by atoms with Crippen molar-refractivity contribution < 1.29 is 14.3 Å². The molecule has 0 fully saturated rings. The number of amides is 1. The van der Waals surface area contributed by atoms with E-state index in [1.165, 1.54) is 0 Å². The molecule has 0 spiro atoms. The highest BCUT2D eigenvalue weighted by Gasteiger charge is 2.25. The van der Waals surface area contributed by atoms with Gasteiger partial charge in [0, 0.05) is 23.6 Å². The van der Waals surface area contributed by atoms with Crippen LogP contribution in [0.3, 0.4) is 0 Å². The molecule has 2 aromatic heterocycles. The second-order valence-electron chi connectivity index (χ2n) is 6.25. The second-order valence-corrected chi connectivity index (χ2v) is 6.25. The standard InChI is InChI=1S/C20H20N6O3/c1-4-26-14-11-16(29-3)15(28-2)10-13(14)17(12-8-6-5-7-9-12)18(26)19(27)21-20-22-24-25-23-20/h5-11H,4H2,1-3H3,(H2,21,22,23,24,25,27). The molecule has 1 amide bonds. The van der Waals surface area contributed by atoms with E-state index in [0.29, 0.717) is 23.7 Å². The van der Waals surface area contributed by atoms with Crippen LogP contribution in [-0.4, -0.2) is 45.3 Å². The average Bonchev–Trinajstić information content (AvgIpc) is 3.38. The van der Waals surface area contributed by atoms with E-state index in [-0.39, 0.29) is 11.9 Å². The Balaban J connectivity index is 2.02. The summed E-state index contributed by atoms with van der Waals surface area (Å²) in [4.78, 5) is 13.2. The Morgan fingerprint density at radius 2 is 1.86 bits per heavy atom. The molecule has 148 valence electrons. The van der Waals surface area contributed by atoms with Crippen LogP contribution < -0.4 is 14.8 Å². The van der Waals surface area contributed by atoms with Crippen LogP contribution >= 0.6 is 0 Å². The molecule has 2 N–H and O–H groups in total. The van der Waals surface area contributed by atoms with Crippen LogP contribution in [0.25, 0.3) is 22.0 Å². The number of methoxy groups -OCH3 is 2. The van der Waals surface area contributed by atoms with E-state index in [0.717, 1.165) is 22.0 Å². The number of aromatic amines is 1. The number of carbonyl (C=O) groups is 1. The lowest BCUT2D eigenvalue weighted by Crippen LogP contribution is -2.18. The molecule has 0 bridgehead atoms. The fourth-order valence-corrected chi connectivity index (χ4v) is 3.51. The van der Waals surface area contributed by atoms with Crippen molar-refractivity contribution in [3.63, 3.8) is 0 Å². The number of H-pyrrole nitrogens is 1. The van der Waals surface area contributed by atoms with Gasteiger partial charge in [-0.2, -0.15) is 5.21 Å². The molecule has 0 unspecified atom stereocenters. The van der Waals surface area contributed by atoms with E-state index < -0.39 is 0 Å². The first-order chi connectivity index (χ1) is 14.2. The monoisotopic (exact) mass is 392 g/mol. The van der Waals surface area contributed by atoms with Gasteiger partial charge >= 0.3 is 0 Å². The minimum absolute atomic E-state index is 0.108. The number of benzene rings is 2. The van der Waals surface area contributed by atoms with Gasteiger partial charge in [0.05, 0.1) is 19.7 Å². The van der Waals surface area contributed by atoms with Crippen molar-refractivity contribution >= 4 is 22.8 Å². The topological polar surface area (TPSA) is 107 Å². The van der Waals surface area contributed by atoms with Crippen molar-refractivity contribution in [3.8, 4) is 22.6 Å². The normalized spacial score (nSPS) is 10.9. The largest absolute Gasteiger partial charge is 0.493 e. The zero-order chi connectivity index (χ0) is 20.4. The molecule has 2 heterocycles. The lowest BCUT2D eigenvalue weighted by molar-refractivity contribution is 0.101. The van der Waals surface area contributed by atoms with E-state index in [2.05, 4.69) is 25.9 Å². The molecular formula is C20H20N6O3. The summed E-state index contributed by atoms with van der Waals surface area (Å²) >= 11 is 0. The predicted octanol–water partition coefficient (Wildman–Crippen LogP) is 3.11. The van der Waals surface area contributed by atoms with E-state index in [4.69, 9.17) is 9.47 Å². The predicted molar refractivity (Wildman–Crippen MR) is 108 cm³/mol. The van der Waals surface area contributed by atoms with Gasteiger partial charge in [-0.05, 0) is 23.8 Å². The highest BCUT2D eigenvalue weighted by molar-refractivity contribution is 6.14. The zero-order valence-corrected chi connectivity index (χ0v) is 16.3. The zero-order valence-electron chi connectivity index (χ0n) is 16.3. The first-order valence-electron chi connectivity index (χ1n) is 9.06. The Kier molecular flexibility index (Phi) is 4.86. The highest BCUT2D eigenvalue weighted by atomic mass is 16.5. The van der Waals surface area contributed by atoms with Gasteiger partial charge in [0.25, 0.3) is 11.9 Å². The maximum Gasteiger partial charge on any atom is 0.275 e. The number of anilines is 1. The van der Waals surface area contributed by atoms with E-state index in [1.54, 1.807) is 14.2 Å². The molecule has 4 rings (SSSR count). The molecular weight excluding hydrogens is 372 g/mol. The average molecular weight is 392 g/mol. The molecule has 9 heteroatoms. The van der Waals surface area contributed by atoms with E-state index in [9.17, 15) is 4.79 Å². The van der Waals surface area contributed by atoms with E-state index in [1.807, 2.05) is 54.0 Å². The minimum Gasteiger partial charge on any atom is -0.493 e. The Hall–Kier alpha value is -3.88. The second kappa shape index (κ2) is 7.63. The number of hydrogen-bond acceptors (Lipinski definition) is 6. The first kappa shape index (κ1) is 18.5. The van der Waals surface area contributed by atoms with Crippen LogP contribution in [0.15, 0.2) is 42.5 Å². The Bertz CT molecular complexity index is 1150. The molecule has 4 aromatic rings. The van der Waals surface area contributed by atoms with Crippen molar-refractivity contribution in [2.24, 2.45) is 0 Å². The summed E-state index contributed by atoms with van der Waals surface area (Å²) in [6, 6.07) is 13.5. The van der Waals surface area contributed by atoms with Crippen molar-refractivity contribution in [2.45, 2.75) is 13.5 Å². The summed E-state index contributed by atoms with van der Waals surface area (Å²) < 4.78 is 12.9. The molecule has 0 radical (unpaired) electrons. The van der Waals surface area contributed by atoms with Gasteiger partial charge in [-0.15, -0.1) is 5.10 Å². The van der Waals surface area contributed by atoms with Crippen molar-refractivity contribution in [3.05, 3.63) is 48.2 Å². The van der Waals surface area contributed by atoms with Crippen LogP contribution in [0.1, 0.15) is 17.4 Å². The van der Waals surface area contributed by atoms with Gasteiger partial charge in [-0.1, -0.05) is 35.4 Å². The maximum atomic E-state index is 13.2. The summed E-state index contributed by atoms with van der Waals surface area (Å²) in [5, 5.41) is 17.0. The molecule has 0 saturated heterocycles. The van der Waals surface area contributed by atoms with Gasteiger partial charge in [0.1, 0.15) is 5.69 Å². The van der Waals surface area contributed by atoms with Crippen LogP contribution in [0.2, 0.25) is 0 Å². The molecule has 29 heavy (non-hydrogen) atoms. The van der Waals surface area contributed by atoms with Crippen LogP contribution in [0.4, 0.5) is 5.95 Å². The molecule has 9 nitrogen and oxygen atoms in total. The molecule has 0 atom stereocenters. The van der Waals surface area contributed by atoms with Gasteiger partial charge in [0.15, 0.2) is 11.5 Å². The highest BCUT2D eigenvalue weighted by Crippen LogP contribution is 2.41. The quantitative estimate of drug-likeness (QED) is 0.522. The van der Waals surface area contributed by atoms with Gasteiger partial charge in [-0.25, -0.2) is 0 Å². The van der Waals surface area contributed by atoms with Gasteiger partial charge in [0.2, 0.25) is 0 Å². The molecule has 2 aromatic carbocycles. The fourth-order valence-electron chi connectivity index (χ4n) is 3.51. The maximum absolute atomic E-state index is 13.2. The third-order valence-corrected chi connectivity index (χ3v) is 4.73. The number of carbonyl (C=O) groups excluding carboxylic acids is 1. The van der Waals surface area contributed by atoms with Crippen LogP contribution in [-0.2, 0) is 6.54 Å². The summed E-state index contributed by atoms with van der Waals surface area (Å²) in [5.41, 5.74) is 3.07. The van der Waals surface area contributed by atoms with Crippen molar-refractivity contribution in [2.75, 3.05) is 19.5 Å². The summed E-state index contributed by atoms with van der Waals surface area (Å²) in [6.07, 6.45) is 0. The van der Waals surface area contributed by atoms with Crippen molar-refractivity contribution in [1.82, 2.24) is 25.2 Å². The number of fused-ring (bicyclic) bond motifs is 1. The lowest BCUT2D eigenvalue weighted by Gasteiger charge is -2.10. The third-order valence-electron chi connectivity index (χ3n) is 4.73. The molecule has 0 aliphatic rings. The minimum atomic E-state index is -0.332. The Morgan fingerprint density at radius 1 is 1.14 bits per heavy atom. The number of aryl methyl sites for hydroxylation is 1. The number of hydrogen-bond donors (Lipinski definition) is 2. The summed E-state index contributed by atoms with van der Waals surface area (Å²) in [5.74, 6) is 0.964. The van der Waals surface area contributed by atoms with Crippen LogP contribution in [0, 0.1) is 0 Å². The lowest BCUT2D eigenvalue weighted by atomic mass is 10.0. The number of tetrazole rings is 1. The van der Waals surface area contributed by atoms with Crippen LogP contribution in [0.5, 0.6) is 11.5 Å². The first-order valence-corrected chi connectivity index (χ1v) is 9.06. The SMILES string of the molecule is CCn1c(C(=O)Nc2nn[nH]n2)c(-c2ccccc2)c2cc(OC)c(OC)cc21. The molecule has 0 aliphatic heterocycles. The molecule has 0 aliphatic carbocycles. The number of rotatable bonds is 6. The smallest absolute Gasteiger partial charge is 0.275 e. The fraction of sp³-hybridized carbons (Fsp3) is 0.200. The van der Waals surface area contributed by atoms with Crippen molar-refractivity contribution in [1.29, 1.82) is 0 Å². The van der Waals surface area contributed by atoms with Gasteiger partial charge in [-0.3, -0.25) is 10.1 Å². The number of nitrogens with zero attached hydrogens (tertiary/aromatic N) is 4. The van der Waals surface area contributed by atoms with E-state index >= 15 is 0 Å². The number of nitrogens with one attached hydrogen (secondary N) is 2.